The van der Waals surface area contributed by atoms with E-state index in [2.05, 4.69) is 25.2 Å². The van der Waals surface area contributed by atoms with Crippen LogP contribution >= 0.6 is 11.6 Å². The summed E-state index contributed by atoms with van der Waals surface area (Å²) in [7, 11) is 0. The topological polar surface area (TPSA) is 12.0 Å². The van der Waals surface area contributed by atoms with E-state index >= 15 is 0 Å². The first-order valence-corrected chi connectivity index (χ1v) is 6.73. The highest BCUT2D eigenvalue weighted by Gasteiger charge is 2.26. The van der Waals surface area contributed by atoms with Crippen molar-refractivity contribution in [2.75, 3.05) is 12.4 Å². The lowest BCUT2D eigenvalue weighted by Crippen LogP contribution is -2.40. The highest BCUT2D eigenvalue weighted by atomic mass is 35.5. The van der Waals surface area contributed by atoms with Crippen LogP contribution in [0.4, 0.5) is 0 Å². The van der Waals surface area contributed by atoms with Crippen molar-refractivity contribution in [1.29, 1.82) is 0 Å². The summed E-state index contributed by atoms with van der Waals surface area (Å²) in [5.74, 6) is 2.29. The summed E-state index contributed by atoms with van der Waals surface area (Å²) in [6.45, 7) is 5.67. The van der Waals surface area contributed by atoms with Gasteiger partial charge >= 0.3 is 0 Å². The Labute approximate surface area is 99.3 Å². The van der Waals surface area contributed by atoms with Gasteiger partial charge in [-0.3, -0.25) is 0 Å². The number of alkyl halides is 1. The molecule has 0 spiro atoms. The number of rotatable bonds is 5. The van der Waals surface area contributed by atoms with E-state index in [1.807, 2.05) is 6.08 Å². The first kappa shape index (κ1) is 13.1. The van der Waals surface area contributed by atoms with Gasteiger partial charge in [0.2, 0.25) is 0 Å². The fraction of sp³-hybridized carbons (Fsp3) is 0.846. The fourth-order valence-electron chi connectivity index (χ4n) is 2.58. The van der Waals surface area contributed by atoms with Gasteiger partial charge in [0, 0.05) is 18.5 Å². The molecule has 0 aromatic carbocycles. The van der Waals surface area contributed by atoms with E-state index in [-0.39, 0.29) is 0 Å². The lowest BCUT2D eigenvalue weighted by atomic mass is 9.78. The predicted octanol–water partition coefficient (Wildman–Crippen LogP) is 3.59. The minimum atomic E-state index is 0.625. The Bertz CT molecular complexity index is 189. The molecule has 1 N–H and O–H groups in total. The van der Waals surface area contributed by atoms with Crippen LogP contribution in [0, 0.1) is 11.8 Å². The van der Waals surface area contributed by atoms with Crippen molar-refractivity contribution in [1.82, 2.24) is 5.32 Å². The third-order valence-corrected chi connectivity index (χ3v) is 3.61. The van der Waals surface area contributed by atoms with E-state index in [4.69, 9.17) is 11.6 Å². The van der Waals surface area contributed by atoms with Gasteiger partial charge in [-0.25, -0.2) is 0 Å². The molecule has 0 aliphatic heterocycles. The van der Waals surface area contributed by atoms with Crippen molar-refractivity contribution in [2.45, 2.75) is 45.6 Å². The van der Waals surface area contributed by atoms with E-state index in [0.29, 0.717) is 5.88 Å². The predicted molar refractivity (Wildman–Crippen MR) is 68.4 cm³/mol. The number of hydrogen-bond acceptors (Lipinski definition) is 1. The zero-order valence-electron chi connectivity index (χ0n) is 10.0. The van der Waals surface area contributed by atoms with Crippen LogP contribution in [-0.2, 0) is 0 Å². The summed E-state index contributed by atoms with van der Waals surface area (Å²) >= 11 is 5.59. The van der Waals surface area contributed by atoms with Crippen molar-refractivity contribution in [3.63, 3.8) is 0 Å². The standard InChI is InChI=1S/C13H24ClN/c1-11(2)12-7-3-4-8-13(12)15-10-6-5-9-14/h5-6,11-13,15H,3-4,7-10H2,1-2H3/b6-5+. The largest absolute Gasteiger partial charge is 0.310 e. The Morgan fingerprint density at radius 2 is 2.00 bits per heavy atom. The molecule has 0 radical (unpaired) electrons. The molecule has 88 valence electrons. The quantitative estimate of drug-likeness (QED) is 0.561. The van der Waals surface area contributed by atoms with Gasteiger partial charge in [-0.1, -0.05) is 38.8 Å². The van der Waals surface area contributed by atoms with E-state index in [1.165, 1.54) is 25.7 Å². The third-order valence-electron chi connectivity index (χ3n) is 3.43. The van der Waals surface area contributed by atoms with Crippen molar-refractivity contribution in [3.05, 3.63) is 12.2 Å². The molecule has 1 saturated carbocycles. The molecule has 0 aromatic heterocycles. The van der Waals surface area contributed by atoms with Crippen LogP contribution in [0.5, 0.6) is 0 Å². The maximum Gasteiger partial charge on any atom is 0.0404 e. The van der Waals surface area contributed by atoms with Gasteiger partial charge in [0.1, 0.15) is 0 Å². The van der Waals surface area contributed by atoms with Crippen LogP contribution in [-0.4, -0.2) is 18.5 Å². The average Bonchev–Trinajstić information content (AvgIpc) is 2.25. The lowest BCUT2D eigenvalue weighted by molar-refractivity contribution is 0.210. The first-order chi connectivity index (χ1) is 7.25. The number of allylic oxidation sites excluding steroid dienone is 1. The number of nitrogens with one attached hydrogen (secondary N) is 1. The number of hydrogen-bond donors (Lipinski definition) is 1. The molecular formula is C13H24ClN. The van der Waals surface area contributed by atoms with Crippen molar-refractivity contribution in [2.24, 2.45) is 11.8 Å². The van der Waals surface area contributed by atoms with E-state index in [9.17, 15) is 0 Å². The van der Waals surface area contributed by atoms with Crippen LogP contribution in [0.1, 0.15) is 39.5 Å². The molecule has 0 heterocycles. The fourth-order valence-corrected chi connectivity index (χ4v) is 2.70. The normalized spacial score (nSPS) is 27.7. The molecule has 0 aromatic rings. The Balaban J connectivity index is 2.32. The summed E-state index contributed by atoms with van der Waals surface area (Å²) in [6.07, 6.45) is 9.70. The third kappa shape index (κ3) is 4.56. The van der Waals surface area contributed by atoms with Crippen molar-refractivity contribution in [3.8, 4) is 0 Å². The molecule has 1 nitrogen and oxygen atoms in total. The second-order valence-electron chi connectivity index (χ2n) is 4.83. The van der Waals surface area contributed by atoms with Crippen LogP contribution in [0.15, 0.2) is 12.2 Å². The summed E-state index contributed by atoms with van der Waals surface area (Å²) in [4.78, 5) is 0. The molecule has 1 fully saturated rings. The van der Waals surface area contributed by atoms with E-state index in [0.717, 1.165) is 24.4 Å². The molecule has 0 amide bonds. The van der Waals surface area contributed by atoms with Crippen molar-refractivity contribution >= 4 is 11.6 Å². The SMILES string of the molecule is CC(C)C1CCCCC1NC/C=C/CCl. The Morgan fingerprint density at radius 3 is 2.67 bits per heavy atom. The van der Waals surface area contributed by atoms with Gasteiger partial charge in [0.15, 0.2) is 0 Å². The second kappa shape index (κ2) is 7.29. The summed E-state index contributed by atoms with van der Waals surface area (Å²) in [6, 6.07) is 0.721. The Kier molecular flexibility index (Phi) is 6.35. The molecule has 1 rings (SSSR count). The minimum absolute atomic E-state index is 0.625. The molecule has 0 bridgehead atoms. The lowest BCUT2D eigenvalue weighted by Gasteiger charge is -2.34. The van der Waals surface area contributed by atoms with Crippen molar-refractivity contribution < 1.29 is 0 Å². The van der Waals surface area contributed by atoms with E-state index < -0.39 is 0 Å². The average molecular weight is 230 g/mol. The van der Waals surface area contributed by atoms with Crippen LogP contribution in [0.2, 0.25) is 0 Å². The Morgan fingerprint density at radius 1 is 1.27 bits per heavy atom. The summed E-state index contributed by atoms with van der Waals surface area (Å²) in [5, 5.41) is 3.64. The minimum Gasteiger partial charge on any atom is -0.310 e. The zero-order chi connectivity index (χ0) is 11.1. The van der Waals surface area contributed by atoms with Gasteiger partial charge in [-0.05, 0) is 24.7 Å². The van der Waals surface area contributed by atoms with Gasteiger partial charge in [0.25, 0.3) is 0 Å². The molecule has 2 unspecified atom stereocenters. The maximum absolute atomic E-state index is 5.59. The molecular weight excluding hydrogens is 206 g/mol. The summed E-state index contributed by atoms with van der Waals surface area (Å²) < 4.78 is 0. The Hall–Kier alpha value is -0.0100. The molecule has 1 aliphatic carbocycles. The number of halogens is 1. The van der Waals surface area contributed by atoms with Crippen LogP contribution in [0.3, 0.4) is 0 Å². The second-order valence-corrected chi connectivity index (χ2v) is 5.14. The molecule has 2 heteroatoms. The van der Waals surface area contributed by atoms with Gasteiger partial charge < -0.3 is 5.32 Å². The monoisotopic (exact) mass is 229 g/mol. The highest BCUT2D eigenvalue weighted by Crippen LogP contribution is 2.29. The van der Waals surface area contributed by atoms with Crippen LogP contribution in [0.25, 0.3) is 0 Å². The molecule has 15 heavy (non-hydrogen) atoms. The molecule has 0 saturated heterocycles. The maximum atomic E-state index is 5.59. The first-order valence-electron chi connectivity index (χ1n) is 6.20. The van der Waals surface area contributed by atoms with Crippen LogP contribution < -0.4 is 5.32 Å². The highest BCUT2D eigenvalue weighted by molar-refractivity contribution is 6.18. The smallest absolute Gasteiger partial charge is 0.0404 e. The summed E-state index contributed by atoms with van der Waals surface area (Å²) in [5.41, 5.74) is 0. The molecule has 1 aliphatic rings. The van der Waals surface area contributed by atoms with Gasteiger partial charge in [-0.2, -0.15) is 0 Å². The van der Waals surface area contributed by atoms with Gasteiger partial charge in [-0.15, -0.1) is 11.6 Å². The van der Waals surface area contributed by atoms with Gasteiger partial charge in [0.05, 0.1) is 0 Å². The zero-order valence-corrected chi connectivity index (χ0v) is 10.8. The van der Waals surface area contributed by atoms with E-state index in [1.54, 1.807) is 0 Å². The molecule has 2 atom stereocenters.